The van der Waals surface area contributed by atoms with E-state index in [1.165, 1.54) is 13.0 Å². The van der Waals surface area contributed by atoms with E-state index >= 15 is 0 Å². The van der Waals surface area contributed by atoms with Crippen LogP contribution in [0.15, 0.2) is 24.3 Å². The highest BCUT2D eigenvalue weighted by Gasteiger charge is 2.09. The summed E-state index contributed by atoms with van der Waals surface area (Å²) in [5.74, 6) is 0.385. The Hall–Kier alpha value is -1.77. The first kappa shape index (κ1) is 14.3. The van der Waals surface area contributed by atoms with Gasteiger partial charge in [-0.3, -0.25) is 4.79 Å². The number of hydrogen-bond donors (Lipinski definition) is 1. The summed E-state index contributed by atoms with van der Waals surface area (Å²) in [4.78, 5) is 11.0. The molecule has 3 nitrogen and oxygen atoms in total. The van der Waals surface area contributed by atoms with Crippen LogP contribution in [-0.2, 0) is 4.79 Å². The van der Waals surface area contributed by atoms with E-state index in [9.17, 15) is 9.90 Å². The third-order valence-electron chi connectivity index (χ3n) is 2.51. The van der Waals surface area contributed by atoms with Gasteiger partial charge in [0.1, 0.15) is 11.5 Å². The van der Waals surface area contributed by atoms with Gasteiger partial charge in [0.05, 0.1) is 12.2 Å². The zero-order chi connectivity index (χ0) is 13.5. The summed E-state index contributed by atoms with van der Waals surface area (Å²) < 4.78 is 5.62. The molecule has 0 heterocycles. The highest BCUT2D eigenvalue weighted by molar-refractivity contribution is 5.94. The van der Waals surface area contributed by atoms with Crippen molar-refractivity contribution in [3.8, 4) is 5.75 Å². The first-order valence-electron chi connectivity index (χ1n) is 6.19. The molecule has 0 fully saturated rings. The Morgan fingerprint density at radius 1 is 1.44 bits per heavy atom. The average Bonchev–Trinajstić information content (AvgIpc) is 2.30. The Morgan fingerprint density at radius 2 is 2.17 bits per heavy atom. The molecule has 0 unspecified atom stereocenters. The summed E-state index contributed by atoms with van der Waals surface area (Å²) in [6, 6.07) is 5.56. The van der Waals surface area contributed by atoms with E-state index in [2.05, 4.69) is 6.92 Å². The molecule has 0 aliphatic rings. The number of aliphatic hydroxyl groups is 1. The van der Waals surface area contributed by atoms with Gasteiger partial charge in [-0.1, -0.05) is 25.0 Å². The highest BCUT2D eigenvalue weighted by atomic mass is 16.5. The van der Waals surface area contributed by atoms with Crippen molar-refractivity contribution in [1.29, 1.82) is 0 Å². The molecule has 1 N–H and O–H groups in total. The number of carbonyl (C=O) groups excluding carboxylic acids is 1. The van der Waals surface area contributed by atoms with Crippen molar-refractivity contribution in [2.24, 2.45) is 0 Å². The van der Waals surface area contributed by atoms with Crippen molar-refractivity contribution in [2.75, 3.05) is 6.61 Å². The van der Waals surface area contributed by atoms with Crippen LogP contribution in [0.1, 0.15) is 37.8 Å². The lowest BCUT2D eigenvalue weighted by Crippen LogP contribution is -2.00. The minimum atomic E-state index is -0.187. The Kier molecular flexibility index (Phi) is 5.43. The Labute approximate surface area is 108 Å². The number of benzene rings is 1. The third kappa shape index (κ3) is 4.24. The second-order valence-electron chi connectivity index (χ2n) is 4.34. The summed E-state index contributed by atoms with van der Waals surface area (Å²) in [6.07, 6.45) is 3.22. The highest BCUT2D eigenvalue weighted by Crippen LogP contribution is 2.26. The zero-order valence-electron chi connectivity index (χ0n) is 11.2. The first-order chi connectivity index (χ1) is 8.54. The summed E-state index contributed by atoms with van der Waals surface area (Å²) in [6.45, 7) is 6.04. The van der Waals surface area contributed by atoms with Crippen LogP contribution in [0.2, 0.25) is 0 Å². The average molecular weight is 248 g/mol. The molecule has 0 aliphatic heterocycles. The molecule has 0 spiro atoms. The Morgan fingerprint density at radius 3 is 2.78 bits per heavy atom. The van der Waals surface area contributed by atoms with Gasteiger partial charge in [0, 0.05) is 6.08 Å². The fourth-order valence-electron chi connectivity index (χ4n) is 1.57. The second-order valence-corrected chi connectivity index (χ2v) is 4.34. The number of aryl methyl sites for hydroxylation is 1. The van der Waals surface area contributed by atoms with Crippen molar-refractivity contribution in [3.63, 3.8) is 0 Å². The lowest BCUT2D eigenvalue weighted by molar-refractivity contribution is -0.112. The van der Waals surface area contributed by atoms with Crippen LogP contribution in [0.3, 0.4) is 0 Å². The molecular weight excluding hydrogens is 228 g/mol. The summed E-state index contributed by atoms with van der Waals surface area (Å²) >= 11 is 0. The minimum Gasteiger partial charge on any atom is -0.507 e. The van der Waals surface area contributed by atoms with E-state index in [4.69, 9.17) is 4.74 Å². The summed E-state index contributed by atoms with van der Waals surface area (Å²) in [5, 5.41) is 9.91. The number of rotatable bonds is 6. The maximum Gasteiger partial charge on any atom is 0.156 e. The van der Waals surface area contributed by atoms with E-state index in [0.717, 1.165) is 18.4 Å². The first-order valence-corrected chi connectivity index (χ1v) is 6.19. The van der Waals surface area contributed by atoms with Crippen LogP contribution >= 0.6 is 0 Å². The van der Waals surface area contributed by atoms with Crippen molar-refractivity contribution in [2.45, 2.75) is 33.6 Å². The lowest BCUT2D eigenvalue weighted by Gasteiger charge is -2.11. The predicted molar refractivity (Wildman–Crippen MR) is 72.9 cm³/mol. The number of aliphatic hydroxyl groups excluding tert-OH is 1. The van der Waals surface area contributed by atoms with Gasteiger partial charge in [-0.05, 0) is 32.4 Å². The van der Waals surface area contributed by atoms with Gasteiger partial charge >= 0.3 is 0 Å². The molecule has 0 saturated heterocycles. The lowest BCUT2D eigenvalue weighted by atomic mass is 10.1. The van der Waals surface area contributed by atoms with Gasteiger partial charge in [-0.15, -0.1) is 0 Å². The molecule has 0 atom stereocenters. The SMILES string of the molecule is CCCCOc1ccc(C)cc1C(O)=CC(C)=O. The number of ether oxygens (including phenoxy) is 1. The van der Waals surface area contributed by atoms with Crippen molar-refractivity contribution in [1.82, 2.24) is 0 Å². The molecule has 18 heavy (non-hydrogen) atoms. The molecule has 0 aromatic heterocycles. The smallest absolute Gasteiger partial charge is 0.156 e. The van der Waals surface area contributed by atoms with Crippen LogP contribution < -0.4 is 4.74 Å². The fourth-order valence-corrected chi connectivity index (χ4v) is 1.57. The quantitative estimate of drug-likeness (QED) is 0.474. The van der Waals surface area contributed by atoms with E-state index in [1.807, 2.05) is 25.1 Å². The van der Waals surface area contributed by atoms with Crippen molar-refractivity contribution >= 4 is 11.5 Å². The molecule has 0 saturated carbocycles. The van der Waals surface area contributed by atoms with Crippen LogP contribution in [0.25, 0.3) is 5.76 Å². The van der Waals surface area contributed by atoms with Crippen LogP contribution in [0.4, 0.5) is 0 Å². The van der Waals surface area contributed by atoms with E-state index in [0.29, 0.717) is 17.9 Å². The maximum atomic E-state index is 11.0. The van der Waals surface area contributed by atoms with Crippen LogP contribution in [0, 0.1) is 6.92 Å². The van der Waals surface area contributed by atoms with Gasteiger partial charge in [-0.2, -0.15) is 0 Å². The molecule has 98 valence electrons. The summed E-state index contributed by atoms with van der Waals surface area (Å²) in [7, 11) is 0. The normalized spacial score (nSPS) is 11.4. The standard InChI is InChI=1S/C15H20O3/c1-4-5-8-18-15-7-6-11(2)9-13(15)14(17)10-12(3)16/h6-7,9-10,17H,4-5,8H2,1-3H3. The molecule has 0 amide bonds. The Bertz CT molecular complexity index is 447. The monoisotopic (exact) mass is 248 g/mol. The van der Waals surface area contributed by atoms with Gasteiger partial charge in [0.15, 0.2) is 5.78 Å². The summed E-state index contributed by atoms with van der Waals surface area (Å²) in [5.41, 5.74) is 1.58. The van der Waals surface area contributed by atoms with Crippen molar-refractivity contribution < 1.29 is 14.6 Å². The number of carbonyl (C=O) groups is 1. The van der Waals surface area contributed by atoms with Gasteiger partial charge in [0.2, 0.25) is 0 Å². The number of allylic oxidation sites excluding steroid dienone is 1. The minimum absolute atomic E-state index is 0.0438. The third-order valence-corrected chi connectivity index (χ3v) is 2.51. The molecule has 0 bridgehead atoms. The van der Waals surface area contributed by atoms with Gasteiger partial charge in [0.25, 0.3) is 0 Å². The molecular formula is C15H20O3. The number of ketones is 1. The second kappa shape index (κ2) is 6.84. The van der Waals surface area contributed by atoms with Crippen molar-refractivity contribution in [3.05, 3.63) is 35.4 Å². The molecule has 1 aromatic carbocycles. The Balaban J connectivity index is 2.99. The molecule has 0 aliphatic carbocycles. The molecule has 3 heteroatoms. The van der Waals surface area contributed by atoms with E-state index < -0.39 is 0 Å². The van der Waals surface area contributed by atoms with Crippen LogP contribution in [-0.4, -0.2) is 17.5 Å². The van der Waals surface area contributed by atoms with Crippen LogP contribution in [0.5, 0.6) is 5.75 Å². The zero-order valence-corrected chi connectivity index (χ0v) is 11.2. The predicted octanol–water partition coefficient (Wildman–Crippen LogP) is 3.66. The van der Waals surface area contributed by atoms with E-state index in [-0.39, 0.29) is 11.5 Å². The largest absolute Gasteiger partial charge is 0.507 e. The maximum absolute atomic E-state index is 11.0. The topological polar surface area (TPSA) is 46.5 Å². The molecule has 1 rings (SSSR count). The van der Waals surface area contributed by atoms with Gasteiger partial charge < -0.3 is 9.84 Å². The number of hydrogen-bond acceptors (Lipinski definition) is 3. The van der Waals surface area contributed by atoms with Gasteiger partial charge in [-0.25, -0.2) is 0 Å². The number of unbranched alkanes of at least 4 members (excludes halogenated alkanes) is 1. The fraction of sp³-hybridized carbons (Fsp3) is 0.400. The molecule has 1 aromatic rings. The van der Waals surface area contributed by atoms with E-state index in [1.54, 1.807) is 0 Å². The molecule has 0 radical (unpaired) electrons.